The van der Waals surface area contributed by atoms with Gasteiger partial charge in [0.05, 0.1) is 0 Å². The predicted octanol–water partition coefficient (Wildman–Crippen LogP) is 3.23. The molecule has 2 N–H and O–H groups in total. The average molecular weight is 270 g/mol. The molecular formula is C14H20F2N2O. The molecule has 1 aliphatic rings. The van der Waals surface area contributed by atoms with Gasteiger partial charge in [-0.15, -0.1) is 0 Å². The van der Waals surface area contributed by atoms with Crippen LogP contribution in [0.1, 0.15) is 26.2 Å². The first-order valence-corrected chi connectivity index (χ1v) is 6.68. The highest BCUT2D eigenvalue weighted by atomic mass is 19.3. The molecule has 0 spiro atoms. The van der Waals surface area contributed by atoms with Crippen LogP contribution in [0.25, 0.3) is 0 Å². The Bertz CT molecular complexity index is 395. The standard InChI is InChI=1S/C14H20F2N2O/c1-10(8-11-5-3-7-17-11)18-12-4-2-6-13(9-12)19-14(15)16/h2,4,6,9-11,14,17-18H,3,5,7-8H2,1H3. The summed E-state index contributed by atoms with van der Waals surface area (Å²) in [5.74, 6) is 0.186. The van der Waals surface area contributed by atoms with Gasteiger partial charge in [-0.3, -0.25) is 0 Å². The van der Waals surface area contributed by atoms with Crippen LogP contribution in [-0.4, -0.2) is 25.2 Å². The summed E-state index contributed by atoms with van der Waals surface area (Å²) < 4.78 is 28.7. The Hall–Kier alpha value is -1.36. The van der Waals surface area contributed by atoms with Crippen molar-refractivity contribution in [3.8, 4) is 5.75 Å². The lowest BCUT2D eigenvalue weighted by molar-refractivity contribution is -0.0498. The minimum atomic E-state index is -2.78. The van der Waals surface area contributed by atoms with E-state index in [1.165, 1.54) is 18.9 Å². The van der Waals surface area contributed by atoms with Gasteiger partial charge in [0, 0.05) is 23.8 Å². The van der Waals surface area contributed by atoms with Crippen molar-refractivity contribution in [3.63, 3.8) is 0 Å². The monoisotopic (exact) mass is 270 g/mol. The van der Waals surface area contributed by atoms with E-state index in [-0.39, 0.29) is 11.8 Å². The highest BCUT2D eigenvalue weighted by Crippen LogP contribution is 2.21. The molecular weight excluding hydrogens is 250 g/mol. The van der Waals surface area contributed by atoms with Crippen LogP contribution in [0, 0.1) is 0 Å². The van der Waals surface area contributed by atoms with Crippen LogP contribution < -0.4 is 15.4 Å². The summed E-state index contributed by atoms with van der Waals surface area (Å²) in [7, 11) is 0. The van der Waals surface area contributed by atoms with E-state index in [1.54, 1.807) is 12.1 Å². The number of nitrogens with one attached hydrogen (secondary N) is 2. The lowest BCUT2D eigenvalue weighted by Gasteiger charge is -2.19. The van der Waals surface area contributed by atoms with E-state index in [2.05, 4.69) is 22.3 Å². The van der Waals surface area contributed by atoms with Crippen molar-refractivity contribution in [1.29, 1.82) is 0 Å². The molecule has 5 heteroatoms. The van der Waals surface area contributed by atoms with Gasteiger partial charge in [-0.1, -0.05) is 6.07 Å². The molecule has 0 bridgehead atoms. The van der Waals surface area contributed by atoms with Crippen LogP contribution in [0.3, 0.4) is 0 Å². The Morgan fingerprint density at radius 1 is 1.47 bits per heavy atom. The van der Waals surface area contributed by atoms with Crippen molar-refractivity contribution in [2.24, 2.45) is 0 Å². The maximum atomic E-state index is 12.1. The number of benzene rings is 1. The molecule has 1 aromatic rings. The van der Waals surface area contributed by atoms with Crippen molar-refractivity contribution >= 4 is 5.69 Å². The van der Waals surface area contributed by atoms with Gasteiger partial charge >= 0.3 is 6.61 Å². The van der Waals surface area contributed by atoms with E-state index < -0.39 is 6.61 Å². The number of anilines is 1. The fourth-order valence-electron chi connectivity index (χ4n) is 2.49. The highest BCUT2D eigenvalue weighted by Gasteiger charge is 2.17. The molecule has 3 nitrogen and oxygen atoms in total. The van der Waals surface area contributed by atoms with Gasteiger partial charge in [-0.2, -0.15) is 8.78 Å². The highest BCUT2D eigenvalue weighted by molar-refractivity contribution is 5.48. The normalized spacial score (nSPS) is 20.5. The lowest BCUT2D eigenvalue weighted by atomic mass is 10.1. The molecule has 106 valence electrons. The first kappa shape index (κ1) is 14.1. The average Bonchev–Trinajstić information content (AvgIpc) is 2.81. The SMILES string of the molecule is CC(CC1CCCN1)Nc1cccc(OC(F)F)c1. The van der Waals surface area contributed by atoms with Crippen LogP contribution in [0.15, 0.2) is 24.3 Å². The fraction of sp³-hybridized carbons (Fsp3) is 0.571. The third-order valence-corrected chi connectivity index (χ3v) is 3.27. The summed E-state index contributed by atoms with van der Waals surface area (Å²) in [5, 5.41) is 6.76. The van der Waals surface area contributed by atoms with Crippen LogP contribution in [0.2, 0.25) is 0 Å². The van der Waals surface area contributed by atoms with Gasteiger partial charge in [-0.25, -0.2) is 0 Å². The number of hydrogen-bond acceptors (Lipinski definition) is 3. The van der Waals surface area contributed by atoms with Gasteiger partial charge in [0.2, 0.25) is 0 Å². The largest absolute Gasteiger partial charge is 0.435 e. The van der Waals surface area contributed by atoms with Gasteiger partial charge < -0.3 is 15.4 Å². The number of hydrogen-bond donors (Lipinski definition) is 2. The number of rotatable bonds is 6. The molecule has 2 unspecified atom stereocenters. The van der Waals surface area contributed by atoms with Gasteiger partial charge in [-0.05, 0) is 44.9 Å². The van der Waals surface area contributed by atoms with Gasteiger partial charge in [0.1, 0.15) is 5.75 Å². The molecule has 1 fully saturated rings. The van der Waals surface area contributed by atoms with E-state index in [4.69, 9.17) is 0 Å². The van der Waals surface area contributed by atoms with Crippen molar-refractivity contribution < 1.29 is 13.5 Å². The van der Waals surface area contributed by atoms with Crippen LogP contribution >= 0.6 is 0 Å². The maximum Gasteiger partial charge on any atom is 0.387 e. The molecule has 0 aromatic heterocycles. The third-order valence-electron chi connectivity index (χ3n) is 3.27. The molecule has 0 amide bonds. The quantitative estimate of drug-likeness (QED) is 0.832. The minimum absolute atomic E-state index is 0.186. The molecule has 1 saturated heterocycles. The van der Waals surface area contributed by atoms with Crippen molar-refractivity contribution in [2.45, 2.75) is 44.9 Å². The molecule has 2 rings (SSSR count). The second-order valence-electron chi connectivity index (χ2n) is 4.98. The zero-order valence-electron chi connectivity index (χ0n) is 11.0. The molecule has 0 radical (unpaired) electrons. The summed E-state index contributed by atoms with van der Waals surface area (Å²) in [6.07, 6.45) is 3.47. The van der Waals surface area contributed by atoms with E-state index in [0.717, 1.165) is 18.7 Å². The number of alkyl halides is 2. The summed E-state index contributed by atoms with van der Waals surface area (Å²) in [6.45, 7) is 0.408. The maximum absolute atomic E-state index is 12.1. The Balaban J connectivity index is 1.86. The van der Waals surface area contributed by atoms with Gasteiger partial charge in [0.15, 0.2) is 0 Å². The second kappa shape index (κ2) is 6.70. The fourth-order valence-corrected chi connectivity index (χ4v) is 2.49. The summed E-state index contributed by atoms with van der Waals surface area (Å²) >= 11 is 0. The molecule has 19 heavy (non-hydrogen) atoms. The van der Waals surface area contributed by atoms with Gasteiger partial charge in [0.25, 0.3) is 0 Å². The second-order valence-corrected chi connectivity index (χ2v) is 4.98. The van der Waals surface area contributed by atoms with E-state index in [1.807, 2.05) is 6.07 Å². The summed E-state index contributed by atoms with van der Waals surface area (Å²) in [6, 6.07) is 7.54. The Kier molecular flexibility index (Phi) is 4.96. The van der Waals surface area contributed by atoms with E-state index >= 15 is 0 Å². The zero-order valence-corrected chi connectivity index (χ0v) is 11.0. The number of halogens is 2. The summed E-state index contributed by atoms with van der Waals surface area (Å²) in [5.41, 5.74) is 0.809. The Labute approximate surface area is 112 Å². The number of ether oxygens (including phenoxy) is 1. The first-order chi connectivity index (χ1) is 9.13. The molecule has 0 saturated carbocycles. The third kappa shape index (κ3) is 4.67. The molecule has 1 aromatic carbocycles. The van der Waals surface area contributed by atoms with Crippen molar-refractivity contribution in [1.82, 2.24) is 5.32 Å². The smallest absolute Gasteiger partial charge is 0.387 e. The van der Waals surface area contributed by atoms with Crippen LogP contribution in [0.5, 0.6) is 5.75 Å². The predicted molar refractivity (Wildman–Crippen MR) is 71.8 cm³/mol. The summed E-state index contributed by atoms with van der Waals surface area (Å²) in [4.78, 5) is 0. The van der Waals surface area contributed by atoms with Crippen molar-refractivity contribution in [2.75, 3.05) is 11.9 Å². The van der Waals surface area contributed by atoms with E-state index in [9.17, 15) is 8.78 Å². The molecule has 0 aliphatic carbocycles. The topological polar surface area (TPSA) is 33.3 Å². The molecule has 1 heterocycles. The first-order valence-electron chi connectivity index (χ1n) is 6.68. The Morgan fingerprint density at radius 3 is 3.00 bits per heavy atom. The minimum Gasteiger partial charge on any atom is -0.435 e. The molecule has 2 atom stereocenters. The van der Waals surface area contributed by atoms with E-state index in [0.29, 0.717) is 6.04 Å². The van der Waals surface area contributed by atoms with Crippen LogP contribution in [-0.2, 0) is 0 Å². The zero-order chi connectivity index (χ0) is 13.7. The van der Waals surface area contributed by atoms with Crippen molar-refractivity contribution in [3.05, 3.63) is 24.3 Å². The van der Waals surface area contributed by atoms with Crippen LogP contribution in [0.4, 0.5) is 14.5 Å². The Morgan fingerprint density at radius 2 is 2.32 bits per heavy atom. The molecule has 1 aliphatic heterocycles. The lowest BCUT2D eigenvalue weighted by Crippen LogP contribution is -2.29.